The summed E-state index contributed by atoms with van der Waals surface area (Å²) in [5, 5.41) is 8.77. The average Bonchev–Trinajstić information content (AvgIpc) is 2.11. The Labute approximate surface area is 83.5 Å². The molecule has 1 heterocycles. The fourth-order valence-electron chi connectivity index (χ4n) is 0.980. The number of nitrogens with two attached hydrogens (primary N) is 1. The minimum Gasteiger partial charge on any atom is -0.402 e. The molecule has 0 amide bonds. The number of aromatic nitrogens is 1. The van der Waals surface area contributed by atoms with Crippen molar-refractivity contribution in [2.24, 2.45) is 0 Å². The molecule has 0 bridgehead atoms. The molecule has 1 aromatic heterocycles. The van der Waals surface area contributed by atoms with Crippen LogP contribution in [0.5, 0.6) is 5.75 Å². The second-order valence-electron chi connectivity index (χ2n) is 2.84. The highest BCUT2D eigenvalue weighted by Crippen LogP contribution is 2.32. The van der Waals surface area contributed by atoms with E-state index in [1.807, 2.05) is 0 Å². The molecule has 0 aliphatic carbocycles. The van der Waals surface area contributed by atoms with Gasteiger partial charge in [0.05, 0.1) is 12.3 Å². The zero-order valence-electron chi connectivity index (χ0n) is 7.80. The standard InChI is InChI=1S/C8H9F3N2O2/c1-4-2-13-5(3-14)7(6(4)12)15-8(9,10)11/h2,14H,3H2,1H3,(H2,12,13). The monoisotopic (exact) mass is 222 g/mol. The molecule has 0 saturated heterocycles. The van der Waals surface area contributed by atoms with E-state index in [0.29, 0.717) is 5.56 Å². The number of alkyl halides is 3. The number of aliphatic hydroxyl groups is 1. The van der Waals surface area contributed by atoms with Crippen molar-refractivity contribution in [1.82, 2.24) is 4.98 Å². The number of rotatable bonds is 2. The molecule has 15 heavy (non-hydrogen) atoms. The lowest BCUT2D eigenvalue weighted by Gasteiger charge is -2.14. The van der Waals surface area contributed by atoms with Gasteiger partial charge < -0.3 is 15.6 Å². The number of pyridine rings is 1. The maximum absolute atomic E-state index is 12.0. The summed E-state index contributed by atoms with van der Waals surface area (Å²) in [7, 11) is 0. The largest absolute Gasteiger partial charge is 0.573 e. The summed E-state index contributed by atoms with van der Waals surface area (Å²) in [5.41, 5.74) is 5.33. The summed E-state index contributed by atoms with van der Waals surface area (Å²) in [6.07, 6.45) is -3.59. The predicted molar refractivity (Wildman–Crippen MR) is 46.0 cm³/mol. The molecule has 0 spiro atoms. The molecule has 1 rings (SSSR count). The van der Waals surface area contributed by atoms with Crippen molar-refractivity contribution in [3.63, 3.8) is 0 Å². The highest BCUT2D eigenvalue weighted by atomic mass is 19.4. The van der Waals surface area contributed by atoms with Gasteiger partial charge >= 0.3 is 6.36 Å². The normalized spacial score (nSPS) is 11.5. The zero-order chi connectivity index (χ0) is 11.6. The van der Waals surface area contributed by atoms with Gasteiger partial charge in [0.1, 0.15) is 5.69 Å². The first-order chi connectivity index (χ1) is 6.85. The smallest absolute Gasteiger partial charge is 0.402 e. The van der Waals surface area contributed by atoms with Crippen molar-refractivity contribution in [2.75, 3.05) is 5.73 Å². The Morgan fingerprint density at radius 1 is 1.53 bits per heavy atom. The van der Waals surface area contributed by atoms with Gasteiger partial charge in [-0.25, -0.2) is 0 Å². The first-order valence-electron chi connectivity index (χ1n) is 3.95. The average molecular weight is 222 g/mol. The first-order valence-corrected chi connectivity index (χ1v) is 3.95. The molecule has 0 fully saturated rings. The van der Waals surface area contributed by atoms with Gasteiger partial charge in [-0.1, -0.05) is 0 Å². The summed E-state index contributed by atoms with van der Waals surface area (Å²) < 4.78 is 39.6. The lowest BCUT2D eigenvalue weighted by molar-refractivity contribution is -0.274. The van der Waals surface area contributed by atoms with Crippen LogP contribution >= 0.6 is 0 Å². The quantitative estimate of drug-likeness (QED) is 0.792. The number of anilines is 1. The maximum atomic E-state index is 12.0. The van der Waals surface area contributed by atoms with Crippen LogP contribution in [0.15, 0.2) is 6.20 Å². The van der Waals surface area contributed by atoms with Crippen molar-refractivity contribution in [2.45, 2.75) is 19.9 Å². The third-order valence-corrected chi connectivity index (χ3v) is 1.71. The third kappa shape index (κ3) is 2.72. The number of hydrogen-bond donors (Lipinski definition) is 2. The maximum Gasteiger partial charge on any atom is 0.573 e. The summed E-state index contributed by atoms with van der Waals surface area (Å²) in [6.45, 7) is 0.822. The van der Waals surface area contributed by atoms with E-state index in [9.17, 15) is 13.2 Å². The number of aliphatic hydroxyl groups excluding tert-OH is 1. The van der Waals surface area contributed by atoms with Crippen molar-refractivity contribution in [1.29, 1.82) is 0 Å². The van der Waals surface area contributed by atoms with Crippen LogP contribution in [-0.2, 0) is 6.61 Å². The Kier molecular flexibility index (Phi) is 3.04. The summed E-state index contributed by atoms with van der Waals surface area (Å²) >= 11 is 0. The van der Waals surface area contributed by atoms with E-state index in [4.69, 9.17) is 10.8 Å². The summed E-state index contributed by atoms with van der Waals surface area (Å²) in [5.74, 6) is -0.634. The van der Waals surface area contributed by atoms with E-state index in [0.717, 1.165) is 0 Å². The van der Waals surface area contributed by atoms with Gasteiger partial charge in [-0.15, -0.1) is 13.2 Å². The Morgan fingerprint density at radius 2 is 2.13 bits per heavy atom. The molecule has 1 aromatic rings. The molecular weight excluding hydrogens is 213 g/mol. The molecule has 0 saturated carbocycles. The fraction of sp³-hybridized carbons (Fsp3) is 0.375. The van der Waals surface area contributed by atoms with Crippen LogP contribution in [0.2, 0.25) is 0 Å². The van der Waals surface area contributed by atoms with Gasteiger partial charge in [-0.3, -0.25) is 4.98 Å². The van der Waals surface area contributed by atoms with Crippen LogP contribution in [0.25, 0.3) is 0 Å². The van der Waals surface area contributed by atoms with Crippen LogP contribution in [0, 0.1) is 6.92 Å². The molecule has 0 radical (unpaired) electrons. The van der Waals surface area contributed by atoms with Gasteiger partial charge in [0, 0.05) is 6.20 Å². The summed E-state index contributed by atoms with van der Waals surface area (Å²) in [6, 6.07) is 0. The van der Waals surface area contributed by atoms with Crippen LogP contribution < -0.4 is 10.5 Å². The minimum absolute atomic E-state index is 0.175. The van der Waals surface area contributed by atoms with E-state index in [-0.39, 0.29) is 11.4 Å². The summed E-state index contributed by atoms with van der Waals surface area (Å²) in [4.78, 5) is 3.59. The number of ether oxygens (including phenoxy) is 1. The van der Waals surface area contributed by atoms with Gasteiger partial charge in [0.2, 0.25) is 0 Å². The molecular formula is C8H9F3N2O2. The van der Waals surface area contributed by atoms with Crippen LogP contribution in [-0.4, -0.2) is 16.5 Å². The number of aryl methyl sites for hydroxylation is 1. The Balaban J connectivity index is 3.18. The number of nitrogen functional groups attached to an aromatic ring is 1. The van der Waals surface area contributed by atoms with Gasteiger partial charge in [0.15, 0.2) is 5.75 Å². The second kappa shape index (κ2) is 3.93. The molecule has 7 heteroatoms. The zero-order valence-corrected chi connectivity index (χ0v) is 7.80. The van der Waals surface area contributed by atoms with Gasteiger partial charge in [0.25, 0.3) is 0 Å². The highest BCUT2D eigenvalue weighted by molar-refractivity contribution is 5.59. The van der Waals surface area contributed by atoms with E-state index in [1.165, 1.54) is 13.1 Å². The van der Waals surface area contributed by atoms with Gasteiger partial charge in [-0.2, -0.15) is 0 Å². The molecule has 0 unspecified atom stereocenters. The SMILES string of the molecule is Cc1cnc(CO)c(OC(F)(F)F)c1N. The topological polar surface area (TPSA) is 68.4 Å². The van der Waals surface area contributed by atoms with Crippen molar-refractivity contribution in [3.8, 4) is 5.75 Å². The molecule has 0 aromatic carbocycles. The molecule has 0 aliphatic rings. The fourth-order valence-corrected chi connectivity index (χ4v) is 0.980. The van der Waals surface area contributed by atoms with Gasteiger partial charge in [-0.05, 0) is 12.5 Å². The van der Waals surface area contributed by atoms with Crippen LogP contribution in [0.4, 0.5) is 18.9 Å². The number of nitrogens with zero attached hydrogens (tertiary/aromatic N) is 1. The van der Waals surface area contributed by atoms with E-state index in [1.54, 1.807) is 0 Å². The Morgan fingerprint density at radius 3 is 2.60 bits per heavy atom. The van der Waals surface area contributed by atoms with Crippen molar-refractivity contribution >= 4 is 5.69 Å². The lowest BCUT2D eigenvalue weighted by atomic mass is 10.2. The Hall–Kier alpha value is -1.50. The van der Waals surface area contributed by atoms with Crippen molar-refractivity contribution < 1.29 is 23.0 Å². The highest BCUT2D eigenvalue weighted by Gasteiger charge is 2.33. The van der Waals surface area contributed by atoms with Crippen LogP contribution in [0.1, 0.15) is 11.3 Å². The molecule has 4 nitrogen and oxygen atoms in total. The number of halogens is 3. The third-order valence-electron chi connectivity index (χ3n) is 1.71. The first kappa shape index (κ1) is 11.6. The lowest BCUT2D eigenvalue weighted by Crippen LogP contribution is -2.20. The second-order valence-corrected chi connectivity index (χ2v) is 2.84. The molecule has 0 atom stereocenters. The molecule has 84 valence electrons. The molecule has 3 N–H and O–H groups in total. The predicted octanol–water partition coefficient (Wildman–Crippen LogP) is 1.36. The molecule has 0 aliphatic heterocycles. The van der Waals surface area contributed by atoms with E-state index in [2.05, 4.69) is 9.72 Å². The van der Waals surface area contributed by atoms with E-state index < -0.39 is 18.7 Å². The van der Waals surface area contributed by atoms with E-state index >= 15 is 0 Å². The van der Waals surface area contributed by atoms with Crippen molar-refractivity contribution in [3.05, 3.63) is 17.5 Å². The number of hydrogen-bond acceptors (Lipinski definition) is 4. The van der Waals surface area contributed by atoms with Crippen LogP contribution in [0.3, 0.4) is 0 Å². The minimum atomic E-state index is -4.85. The Bertz CT molecular complexity index is 366.